The molecule has 3 amide bonds. The topological polar surface area (TPSA) is 151 Å². The van der Waals surface area contributed by atoms with Crippen LogP contribution in [0, 0.1) is 5.92 Å². The predicted molar refractivity (Wildman–Crippen MR) is 126 cm³/mol. The van der Waals surface area contributed by atoms with Gasteiger partial charge in [0.2, 0.25) is 17.7 Å². The lowest BCUT2D eigenvalue weighted by molar-refractivity contribution is -0.143. The summed E-state index contributed by atoms with van der Waals surface area (Å²) >= 11 is 0. The molecule has 6 N–H and O–H groups in total. The van der Waals surface area contributed by atoms with Crippen LogP contribution in [0.4, 0.5) is 0 Å². The van der Waals surface area contributed by atoms with Gasteiger partial charge < -0.3 is 26.8 Å². The molecular weight excluding hydrogens is 424 g/mol. The number of carboxylic acid groups (broad SMARTS) is 1. The molecule has 3 atom stereocenters. The van der Waals surface area contributed by atoms with Gasteiger partial charge in [0.25, 0.3) is 0 Å². The third-order valence-corrected chi connectivity index (χ3v) is 5.49. The van der Waals surface area contributed by atoms with Crippen molar-refractivity contribution in [3.05, 3.63) is 35.9 Å². The Balaban J connectivity index is 2.62. The van der Waals surface area contributed by atoms with Gasteiger partial charge in [0, 0.05) is 25.8 Å². The van der Waals surface area contributed by atoms with E-state index in [9.17, 15) is 24.3 Å². The average Bonchev–Trinajstić information content (AvgIpc) is 2.79. The molecule has 0 fully saturated rings. The first-order chi connectivity index (χ1) is 15.8. The van der Waals surface area contributed by atoms with E-state index in [0.29, 0.717) is 32.2 Å². The van der Waals surface area contributed by atoms with Gasteiger partial charge in [0.1, 0.15) is 12.1 Å². The average molecular weight is 463 g/mol. The minimum Gasteiger partial charge on any atom is -0.480 e. The first-order valence-electron chi connectivity index (χ1n) is 11.6. The van der Waals surface area contributed by atoms with Crippen LogP contribution in [0.25, 0.3) is 0 Å². The molecular formula is C24H38N4O5. The highest BCUT2D eigenvalue weighted by Gasteiger charge is 2.25. The van der Waals surface area contributed by atoms with Crippen LogP contribution in [0.2, 0.25) is 0 Å². The molecule has 33 heavy (non-hydrogen) atoms. The highest BCUT2D eigenvalue weighted by atomic mass is 16.4. The molecule has 0 aliphatic carbocycles. The molecule has 0 saturated carbocycles. The Kier molecular flexibility index (Phi) is 13.4. The van der Waals surface area contributed by atoms with Gasteiger partial charge in [-0.3, -0.25) is 14.4 Å². The molecule has 0 bridgehead atoms. The number of carboxylic acids is 1. The number of hydrogen-bond donors (Lipinski definition) is 5. The highest BCUT2D eigenvalue weighted by Crippen LogP contribution is 2.08. The van der Waals surface area contributed by atoms with E-state index in [-0.39, 0.29) is 24.8 Å². The number of unbranched alkanes of at least 4 members (excludes halogenated alkanes) is 2. The summed E-state index contributed by atoms with van der Waals surface area (Å²) < 4.78 is 0. The summed E-state index contributed by atoms with van der Waals surface area (Å²) in [6.45, 7) is 4.23. The van der Waals surface area contributed by atoms with Crippen molar-refractivity contribution in [2.24, 2.45) is 11.7 Å². The molecule has 184 valence electrons. The molecule has 1 aromatic rings. The summed E-state index contributed by atoms with van der Waals surface area (Å²) in [5.41, 5.74) is 6.37. The summed E-state index contributed by atoms with van der Waals surface area (Å²) in [6, 6.07) is 7.60. The Labute approximate surface area is 195 Å². The van der Waals surface area contributed by atoms with E-state index in [4.69, 9.17) is 5.73 Å². The second kappa shape index (κ2) is 15.8. The predicted octanol–water partition coefficient (Wildman–Crippen LogP) is 1.35. The first kappa shape index (κ1) is 28.1. The number of rotatable bonds is 16. The van der Waals surface area contributed by atoms with Crippen LogP contribution in [0.15, 0.2) is 30.3 Å². The normalized spacial score (nSPS) is 13.4. The minimum absolute atomic E-state index is 0.0369. The van der Waals surface area contributed by atoms with E-state index in [1.165, 1.54) is 0 Å². The number of nitrogens with one attached hydrogen (secondary N) is 3. The molecule has 0 spiro atoms. The van der Waals surface area contributed by atoms with Gasteiger partial charge in [-0.15, -0.1) is 0 Å². The van der Waals surface area contributed by atoms with E-state index < -0.39 is 29.9 Å². The van der Waals surface area contributed by atoms with Crippen molar-refractivity contribution >= 4 is 23.7 Å². The summed E-state index contributed by atoms with van der Waals surface area (Å²) in [7, 11) is 0. The van der Waals surface area contributed by atoms with Crippen LogP contribution in [0.5, 0.6) is 0 Å². The van der Waals surface area contributed by atoms with Crippen LogP contribution in [-0.4, -0.2) is 54.0 Å². The van der Waals surface area contributed by atoms with E-state index in [1.54, 1.807) is 6.92 Å². The van der Waals surface area contributed by atoms with E-state index in [0.717, 1.165) is 18.4 Å². The molecule has 0 unspecified atom stereocenters. The standard InChI is InChI=1S/C24H38N4O5/c1-3-17(2)22(24(32)33)28-21(30)13-15-26-23(31)19(16-18-10-6-4-7-11-18)27-20(29)12-8-5-9-14-25/h4,6-7,10-11,17,19,22H,3,5,8-9,12-16,25H2,1-2H3,(H,26,31)(H,27,29)(H,28,30)(H,32,33)/t17-,19-,22-/m0/s1. The van der Waals surface area contributed by atoms with Crippen LogP contribution >= 0.6 is 0 Å². The van der Waals surface area contributed by atoms with Crippen LogP contribution in [0.1, 0.15) is 57.9 Å². The van der Waals surface area contributed by atoms with E-state index in [2.05, 4.69) is 16.0 Å². The number of hydrogen-bond acceptors (Lipinski definition) is 5. The lowest BCUT2D eigenvalue weighted by atomic mass is 9.99. The Morgan fingerprint density at radius 3 is 2.24 bits per heavy atom. The van der Waals surface area contributed by atoms with Crippen molar-refractivity contribution in [2.75, 3.05) is 13.1 Å². The van der Waals surface area contributed by atoms with Crippen molar-refractivity contribution in [1.29, 1.82) is 0 Å². The molecule has 9 heteroatoms. The first-order valence-corrected chi connectivity index (χ1v) is 11.6. The van der Waals surface area contributed by atoms with Crippen molar-refractivity contribution in [2.45, 2.75) is 70.9 Å². The summed E-state index contributed by atoms with van der Waals surface area (Å²) in [5, 5.41) is 17.3. The van der Waals surface area contributed by atoms with Crippen LogP contribution < -0.4 is 21.7 Å². The lowest BCUT2D eigenvalue weighted by Crippen LogP contribution is -2.49. The molecule has 0 aliphatic heterocycles. The Bertz CT molecular complexity index is 756. The van der Waals surface area contributed by atoms with Gasteiger partial charge in [0.15, 0.2) is 0 Å². The van der Waals surface area contributed by atoms with Gasteiger partial charge in [-0.05, 0) is 30.9 Å². The van der Waals surface area contributed by atoms with Crippen molar-refractivity contribution < 1.29 is 24.3 Å². The fraction of sp³-hybridized carbons (Fsp3) is 0.583. The third-order valence-electron chi connectivity index (χ3n) is 5.49. The summed E-state index contributed by atoms with van der Waals surface area (Å²) in [5.74, 6) is -2.35. The van der Waals surface area contributed by atoms with Crippen molar-refractivity contribution in [3.63, 3.8) is 0 Å². The maximum atomic E-state index is 12.8. The zero-order chi connectivity index (χ0) is 24.6. The van der Waals surface area contributed by atoms with Crippen molar-refractivity contribution in [1.82, 2.24) is 16.0 Å². The van der Waals surface area contributed by atoms with Gasteiger partial charge in [0.05, 0.1) is 0 Å². The Hall–Kier alpha value is -2.94. The SMILES string of the molecule is CC[C@H](C)[C@H](NC(=O)CCNC(=O)[C@H](Cc1ccccc1)NC(=O)CCCCCN)C(=O)O. The number of benzene rings is 1. The van der Waals surface area contributed by atoms with Gasteiger partial charge in [-0.2, -0.15) is 0 Å². The fourth-order valence-corrected chi connectivity index (χ4v) is 3.28. The quantitative estimate of drug-likeness (QED) is 0.234. The second-order valence-electron chi connectivity index (χ2n) is 8.22. The molecule has 9 nitrogen and oxygen atoms in total. The van der Waals surface area contributed by atoms with Gasteiger partial charge in [-0.1, -0.05) is 57.0 Å². The number of carbonyl (C=O) groups is 4. The molecule has 0 radical (unpaired) electrons. The van der Waals surface area contributed by atoms with Crippen molar-refractivity contribution in [3.8, 4) is 0 Å². The molecule has 0 aromatic heterocycles. The van der Waals surface area contributed by atoms with Crippen LogP contribution in [0.3, 0.4) is 0 Å². The monoisotopic (exact) mass is 462 g/mol. The molecule has 1 aromatic carbocycles. The molecule has 0 saturated heterocycles. The summed E-state index contributed by atoms with van der Waals surface area (Å²) in [4.78, 5) is 48.6. The molecule has 0 heterocycles. The molecule has 0 aliphatic rings. The Morgan fingerprint density at radius 2 is 1.64 bits per heavy atom. The Morgan fingerprint density at radius 1 is 0.970 bits per heavy atom. The zero-order valence-electron chi connectivity index (χ0n) is 19.6. The minimum atomic E-state index is -1.08. The van der Waals surface area contributed by atoms with Gasteiger partial charge in [-0.25, -0.2) is 4.79 Å². The number of carbonyl (C=O) groups excluding carboxylic acids is 3. The number of amides is 3. The van der Waals surface area contributed by atoms with E-state index in [1.807, 2.05) is 37.3 Å². The largest absolute Gasteiger partial charge is 0.480 e. The second-order valence-corrected chi connectivity index (χ2v) is 8.22. The zero-order valence-corrected chi connectivity index (χ0v) is 19.6. The summed E-state index contributed by atoms with van der Waals surface area (Å²) in [6.07, 6.45) is 3.59. The maximum Gasteiger partial charge on any atom is 0.326 e. The van der Waals surface area contributed by atoms with Crippen LogP contribution in [-0.2, 0) is 25.6 Å². The van der Waals surface area contributed by atoms with E-state index >= 15 is 0 Å². The smallest absolute Gasteiger partial charge is 0.326 e. The lowest BCUT2D eigenvalue weighted by Gasteiger charge is -2.21. The maximum absolute atomic E-state index is 12.8. The van der Waals surface area contributed by atoms with Gasteiger partial charge >= 0.3 is 5.97 Å². The number of aliphatic carboxylic acids is 1. The third kappa shape index (κ3) is 11.5. The highest BCUT2D eigenvalue weighted by molar-refractivity contribution is 5.88. The fourth-order valence-electron chi connectivity index (χ4n) is 3.28. The number of nitrogens with two attached hydrogens (primary N) is 1. The molecule has 1 rings (SSSR count).